The first-order valence-electron chi connectivity index (χ1n) is 4.67. The Kier molecular flexibility index (Phi) is 3.41. The zero-order chi connectivity index (χ0) is 8.32. The van der Waals surface area contributed by atoms with Crippen LogP contribution in [0.4, 0.5) is 0 Å². The first kappa shape index (κ1) is 9.55. The third-order valence-corrected chi connectivity index (χ3v) is 8.56. The Bertz CT molecular complexity index is 119. The summed E-state index contributed by atoms with van der Waals surface area (Å²) >= 11 is 6.60. The molecule has 1 heterocycles. The maximum absolute atomic E-state index is 6.60. The van der Waals surface area contributed by atoms with Crippen LogP contribution in [0.5, 0.6) is 0 Å². The highest BCUT2D eigenvalue weighted by Crippen LogP contribution is 2.35. The van der Waals surface area contributed by atoms with Gasteiger partial charge in [-0.1, -0.05) is 26.7 Å². The number of nitrogens with zero attached hydrogens (tertiary/aromatic N) is 1. The van der Waals surface area contributed by atoms with Crippen molar-refractivity contribution in [3.8, 4) is 0 Å². The summed E-state index contributed by atoms with van der Waals surface area (Å²) < 4.78 is 2.52. The summed E-state index contributed by atoms with van der Waals surface area (Å²) in [4.78, 5) is 0. The molecule has 0 aliphatic carbocycles. The van der Waals surface area contributed by atoms with Crippen molar-refractivity contribution in [2.75, 3.05) is 13.1 Å². The Morgan fingerprint density at radius 3 is 2.00 bits per heavy atom. The molecule has 0 unspecified atom stereocenters. The third-order valence-electron chi connectivity index (χ3n) is 2.70. The second-order valence-corrected chi connectivity index (χ2v) is 8.88. The molecule has 1 aliphatic heterocycles. The molecule has 0 bridgehead atoms. The van der Waals surface area contributed by atoms with E-state index in [9.17, 15) is 0 Å². The van der Waals surface area contributed by atoms with E-state index in [4.69, 9.17) is 11.1 Å². The Balaban J connectivity index is 2.53. The fourth-order valence-corrected chi connectivity index (χ4v) is 7.14. The monoisotopic (exact) mass is 191 g/mol. The minimum atomic E-state index is -1.41. The first-order valence-corrected chi connectivity index (χ1v) is 8.04. The van der Waals surface area contributed by atoms with Gasteiger partial charge in [-0.15, -0.1) is 11.1 Å². The van der Waals surface area contributed by atoms with Gasteiger partial charge in [0.2, 0.25) is 7.55 Å². The molecule has 1 aliphatic rings. The molecule has 0 aromatic rings. The summed E-state index contributed by atoms with van der Waals surface area (Å²) in [5.41, 5.74) is 0. The Morgan fingerprint density at radius 1 is 1.18 bits per heavy atom. The summed E-state index contributed by atoms with van der Waals surface area (Å²) in [6.45, 7) is 6.73. The van der Waals surface area contributed by atoms with Crippen LogP contribution in [0.3, 0.4) is 0 Å². The number of rotatable bonds is 3. The molecule has 1 rings (SSSR count). The van der Waals surface area contributed by atoms with E-state index in [0.717, 1.165) is 13.1 Å². The highest BCUT2D eigenvalue weighted by atomic mass is 35.6. The van der Waals surface area contributed by atoms with Crippen molar-refractivity contribution in [3.05, 3.63) is 0 Å². The molecule has 0 radical (unpaired) electrons. The fraction of sp³-hybridized carbons (Fsp3) is 1.00. The molecule has 3 heteroatoms. The van der Waals surface area contributed by atoms with E-state index in [1.807, 2.05) is 0 Å². The molecule has 0 spiro atoms. The highest BCUT2D eigenvalue weighted by Gasteiger charge is 2.39. The third kappa shape index (κ3) is 1.98. The zero-order valence-corrected chi connectivity index (χ0v) is 9.32. The van der Waals surface area contributed by atoms with E-state index in [-0.39, 0.29) is 0 Å². The smallest absolute Gasteiger partial charge is 0.229 e. The van der Waals surface area contributed by atoms with Gasteiger partial charge in [-0.3, -0.25) is 0 Å². The molecular formula is C8H18ClNSi. The van der Waals surface area contributed by atoms with Crippen molar-refractivity contribution in [1.29, 1.82) is 0 Å². The van der Waals surface area contributed by atoms with E-state index < -0.39 is 7.55 Å². The fourth-order valence-electron chi connectivity index (χ4n) is 2.02. The number of hydrogen-bond donors (Lipinski definition) is 0. The second-order valence-electron chi connectivity index (χ2n) is 3.30. The molecule has 66 valence electrons. The summed E-state index contributed by atoms with van der Waals surface area (Å²) in [7, 11) is -1.41. The van der Waals surface area contributed by atoms with Crippen LogP contribution in [0.15, 0.2) is 0 Å². The van der Waals surface area contributed by atoms with Crippen LogP contribution >= 0.6 is 11.1 Å². The maximum Gasteiger partial charge on any atom is 0.229 e. The van der Waals surface area contributed by atoms with Gasteiger partial charge in [0.05, 0.1) is 0 Å². The average molecular weight is 192 g/mol. The van der Waals surface area contributed by atoms with Crippen LogP contribution < -0.4 is 0 Å². The predicted molar refractivity (Wildman–Crippen MR) is 53.4 cm³/mol. The first-order chi connectivity index (χ1) is 5.23. The van der Waals surface area contributed by atoms with Gasteiger partial charge in [-0.25, -0.2) is 0 Å². The van der Waals surface area contributed by atoms with Gasteiger partial charge >= 0.3 is 0 Å². The molecule has 0 aromatic heterocycles. The Morgan fingerprint density at radius 2 is 1.64 bits per heavy atom. The summed E-state index contributed by atoms with van der Waals surface area (Å²) in [6, 6.07) is 2.63. The van der Waals surface area contributed by atoms with E-state index in [1.165, 1.54) is 24.9 Å². The average Bonchev–Trinajstić information content (AvgIpc) is 2.39. The van der Waals surface area contributed by atoms with Crippen molar-refractivity contribution >= 4 is 18.6 Å². The SMILES string of the molecule is CCN(CC)[Si]1(Cl)CCCC1. The molecule has 11 heavy (non-hydrogen) atoms. The van der Waals surface area contributed by atoms with Crippen molar-refractivity contribution in [2.45, 2.75) is 38.8 Å². The minimum absolute atomic E-state index is 1.15. The maximum atomic E-state index is 6.60. The van der Waals surface area contributed by atoms with Gasteiger partial charge in [0.15, 0.2) is 0 Å². The summed E-state index contributed by atoms with van der Waals surface area (Å²) in [5.74, 6) is 0. The lowest BCUT2D eigenvalue weighted by Crippen LogP contribution is -2.46. The normalized spacial score (nSPS) is 22.9. The molecule has 0 amide bonds. The standard InChI is InChI=1S/C8H18ClNSi/c1-3-10(4-2)11(9)7-5-6-8-11/h3-8H2,1-2H3. The zero-order valence-electron chi connectivity index (χ0n) is 7.57. The van der Waals surface area contributed by atoms with Gasteiger partial charge in [-0.2, -0.15) is 0 Å². The van der Waals surface area contributed by atoms with Crippen molar-refractivity contribution < 1.29 is 0 Å². The molecule has 0 saturated carbocycles. The van der Waals surface area contributed by atoms with Gasteiger partial charge in [0.1, 0.15) is 0 Å². The van der Waals surface area contributed by atoms with Gasteiger partial charge in [0, 0.05) is 0 Å². The molecular weight excluding hydrogens is 174 g/mol. The number of halogens is 1. The molecule has 1 fully saturated rings. The second kappa shape index (κ2) is 3.92. The van der Waals surface area contributed by atoms with E-state index in [2.05, 4.69) is 18.4 Å². The summed E-state index contributed by atoms with van der Waals surface area (Å²) in [6.07, 6.45) is 2.73. The van der Waals surface area contributed by atoms with Crippen LogP contribution in [0.2, 0.25) is 12.1 Å². The predicted octanol–water partition coefficient (Wildman–Crippen LogP) is 2.80. The van der Waals surface area contributed by atoms with Crippen molar-refractivity contribution in [1.82, 2.24) is 4.57 Å². The van der Waals surface area contributed by atoms with Gasteiger partial charge in [0.25, 0.3) is 0 Å². The molecule has 1 saturated heterocycles. The van der Waals surface area contributed by atoms with E-state index in [1.54, 1.807) is 0 Å². The van der Waals surface area contributed by atoms with Crippen LogP contribution in [-0.2, 0) is 0 Å². The molecule has 0 N–H and O–H groups in total. The van der Waals surface area contributed by atoms with Gasteiger partial charge in [-0.05, 0) is 25.2 Å². The van der Waals surface area contributed by atoms with Crippen LogP contribution in [0, 0.1) is 0 Å². The van der Waals surface area contributed by atoms with Gasteiger partial charge < -0.3 is 4.57 Å². The Labute approximate surface area is 75.5 Å². The van der Waals surface area contributed by atoms with Crippen molar-refractivity contribution in [3.63, 3.8) is 0 Å². The highest BCUT2D eigenvalue weighted by molar-refractivity contribution is 7.19. The van der Waals surface area contributed by atoms with Crippen molar-refractivity contribution in [2.24, 2.45) is 0 Å². The number of hydrogen-bond acceptors (Lipinski definition) is 1. The van der Waals surface area contributed by atoms with E-state index in [0.29, 0.717) is 0 Å². The van der Waals surface area contributed by atoms with Crippen LogP contribution in [0.25, 0.3) is 0 Å². The minimum Gasteiger partial charge on any atom is -0.312 e. The van der Waals surface area contributed by atoms with E-state index >= 15 is 0 Å². The molecule has 0 aromatic carbocycles. The Hall–Kier alpha value is 0.467. The largest absolute Gasteiger partial charge is 0.312 e. The molecule has 0 atom stereocenters. The lowest BCUT2D eigenvalue weighted by molar-refractivity contribution is 0.474. The van der Waals surface area contributed by atoms with Crippen LogP contribution in [0.1, 0.15) is 26.7 Å². The lowest BCUT2D eigenvalue weighted by Gasteiger charge is -2.31. The topological polar surface area (TPSA) is 3.24 Å². The lowest BCUT2D eigenvalue weighted by atomic mass is 10.4. The molecule has 1 nitrogen and oxygen atoms in total. The van der Waals surface area contributed by atoms with Crippen LogP contribution in [-0.4, -0.2) is 25.2 Å². The quantitative estimate of drug-likeness (QED) is 0.490. The summed E-state index contributed by atoms with van der Waals surface area (Å²) in [5, 5.41) is 0.